The van der Waals surface area contributed by atoms with Crippen molar-refractivity contribution in [2.75, 3.05) is 143 Å². The summed E-state index contributed by atoms with van der Waals surface area (Å²) in [6.07, 6.45) is 3.41. The molecule has 95 heavy (non-hydrogen) atoms. The van der Waals surface area contributed by atoms with Crippen LogP contribution < -0.4 is 59.3 Å². The van der Waals surface area contributed by atoms with E-state index in [1.165, 1.54) is 12.1 Å². The van der Waals surface area contributed by atoms with E-state index in [1.54, 1.807) is 33.8 Å². The van der Waals surface area contributed by atoms with E-state index in [4.69, 9.17) is 11.5 Å². The highest BCUT2D eigenvalue weighted by atomic mass is 16.4. The highest BCUT2D eigenvalue weighted by Crippen LogP contribution is 2.27. The van der Waals surface area contributed by atoms with Crippen molar-refractivity contribution in [3.8, 4) is 5.75 Å². The first kappa shape index (κ1) is 76.7. The standard InChI is InChI=1S/C64H97N17O14/c1-2-53(83)69-27-28-72-64(95)76-63(66)71-24-7-12-52(61(93)73-39-45-13-19-50(82)20-14-45)75-62(94)59(46-9-4-3-5-10-46)47-15-17-48(18-16-47)67-25-8-26-70-60(92)51(65)11-6-23-68-54(84)40-77-29-21-49(22-30-77)74-55(85)41-78-31-33-79(42-56(86)87)35-37-81(44-58(90)91)38-36-80(34-32-78)43-57(88)89/h3-5,9-10,13-20,49,51-52,59,67,82H,2,6-8,11-12,21-44,65H2,1H3,(H,68,84)(H,69,83)(H,70,92)(H,73,93)(H,74,85)(H,75,94)(H,86,87)(H,88,89)(H,90,91)(H4,66,71,72,76,95)/t51-,52-,59?/m1/s1. The van der Waals surface area contributed by atoms with Crippen molar-refractivity contribution in [1.82, 2.24) is 67.0 Å². The van der Waals surface area contributed by atoms with Gasteiger partial charge in [0.2, 0.25) is 35.4 Å². The number of carbonyl (C=O) groups is 10. The molecule has 0 spiro atoms. The van der Waals surface area contributed by atoms with Gasteiger partial charge in [-0.15, -0.1) is 0 Å². The molecule has 0 saturated carbocycles. The molecule has 8 amide bonds. The summed E-state index contributed by atoms with van der Waals surface area (Å²) >= 11 is 0. The van der Waals surface area contributed by atoms with E-state index in [0.717, 1.165) is 11.3 Å². The van der Waals surface area contributed by atoms with Crippen LogP contribution in [0, 0.1) is 0 Å². The zero-order valence-corrected chi connectivity index (χ0v) is 54.2. The summed E-state index contributed by atoms with van der Waals surface area (Å²) in [7, 11) is 0. The number of carboxylic acids is 3. The zero-order valence-electron chi connectivity index (χ0n) is 54.2. The maximum absolute atomic E-state index is 14.4. The van der Waals surface area contributed by atoms with Crippen molar-refractivity contribution in [2.45, 2.75) is 88.9 Å². The van der Waals surface area contributed by atoms with Crippen molar-refractivity contribution in [3.05, 3.63) is 95.6 Å². The van der Waals surface area contributed by atoms with Gasteiger partial charge in [0.1, 0.15) is 11.8 Å². The summed E-state index contributed by atoms with van der Waals surface area (Å²) in [6.45, 7) is 6.44. The summed E-state index contributed by atoms with van der Waals surface area (Å²) in [6, 6.07) is 20.4. The third-order valence-corrected chi connectivity index (χ3v) is 15.9. The van der Waals surface area contributed by atoms with Crippen LogP contribution in [0.15, 0.2) is 83.9 Å². The molecule has 17 N–H and O–H groups in total. The van der Waals surface area contributed by atoms with Gasteiger partial charge in [0.05, 0.1) is 44.7 Å². The van der Waals surface area contributed by atoms with E-state index in [-0.39, 0.29) is 133 Å². The Balaban J connectivity index is 1.00. The minimum Gasteiger partial charge on any atom is -0.508 e. The average molecular weight is 1330 g/mol. The van der Waals surface area contributed by atoms with Gasteiger partial charge in [-0.05, 0) is 85.9 Å². The first-order chi connectivity index (χ1) is 45.6. The van der Waals surface area contributed by atoms with Gasteiger partial charge in [-0.1, -0.05) is 61.5 Å². The maximum atomic E-state index is 14.4. The molecule has 3 atom stereocenters. The van der Waals surface area contributed by atoms with Crippen molar-refractivity contribution in [3.63, 3.8) is 0 Å². The van der Waals surface area contributed by atoms with Gasteiger partial charge in [-0.3, -0.25) is 78.0 Å². The van der Waals surface area contributed by atoms with Crippen molar-refractivity contribution in [1.29, 1.82) is 0 Å². The number of urea groups is 1. The van der Waals surface area contributed by atoms with Crippen molar-refractivity contribution in [2.24, 2.45) is 16.5 Å². The lowest BCUT2D eigenvalue weighted by Crippen LogP contribution is -2.51. The number of hydrogen-bond acceptors (Lipinski definition) is 19. The van der Waals surface area contributed by atoms with Crippen LogP contribution in [0.5, 0.6) is 5.75 Å². The molecule has 2 aliphatic rings. The number of benzene rings is 3. The molecule has 2 heterocycles. The number of piperidine rings is 1. The van der Waals surface area contributed by atoms with Gasteiger partial charge in [0.15, 0.2) is 5.96 Å². The number of nitrogens with one attached hydrogen (secondary N) is 9. The molecule has 31 heteroatoms. The number of likely N-dealkylation sites (tertiary alicyclic amines) is 1. The van der Waals surface area contributed by atoms with Crippen molar-refractivity contribution >= 4 is 71.0 Å². The largest absolute Gasteiger partial charge is 0.508 e. The molecule has 3 aromatic carbocycles. The smallest absolute Gasteiger partial charge is 0.321 e. The van der Waals surface area contributed by atoms with E-state index < -0.39 is 53.8 Å². The third-order valence-electron chi connectivity index (χ3n) is 15.9. The molecule has 3 aromatic rings. The SMILES string of the molecule is CCC(=O)NCCNC(=O)NC(N)=NCCC[C@@H](NC(=O)C(c1ccccc1)c1ccc(NCCCNC(=O)[C@H](N)CCCNC(=O)CN2CCC(NC(=O)CN3CCN(CC(=O)O)CCN(CC(=O)O)CCN(CC(=O)O)CC3)CC2)cc1)C(=O)NCc1ccc(O)cc1. The predicted molar refractivity (Wildman–Crippen MR) is 355 cm³/mol. The molecule has 2 fully saturated rings. The zero-order chi connectivity index (χ0) is 68.9. The Morgan fingerprint density at radius 1 is 0.537 bits per heavy atom. The Bertz CT molecular complexity index is 2930. The number of guanidine groups is 1. The Labute approximate surface area is 553 Å². The van der Waals surface area contributed by atoms with Gasteiger partial charge in [-0.25, -0.2) is 4.79 Å². The fourth-order valence-corrected chi connectivity index (χ4v) is 10.7. The minimum atomic E-state index is -1.04. The lowest BCUT2D eigenvalue weighted by Gasteiger charge is -2.34. The van der Waals surface area contributed by atoms with Crippen LogP contribution >= 0.6 is 0 Å². The highest BCUT2D eigenvalue weighted by Gasteiger charge is 2.29. The molecule has 2 aliphatic heterocycles. The number of rotatable bonds is 36. The Morgan fingerprint density at radius 3 is 1.64 bits per heavy atom. The fraction of sp³-hybridized carbons (Fsp3) is 0.547. The molecule has 1 unspecified atom stereocenters. The Hall–Kier alpha value is -9.01. The summed E-state index contributed by atoms with van der Waals surface area (Å²) in [5, 5.41) is 64.0. The third kappa shape index (κ3) is 31.2. The van der Waals surface area contributed by atoms with Crippen LogP contribution in [-0.2, 0) is 49.7 Å². The molecule has 0 aromatic heterocycles. The van der Waals surface area contributed by atoms with E-state index in [1.807, 2.05) is 64.4 Å². The topological polar surface area (TPSA) is 440 Å². The molecular formula is C64H97N17O14. The molecular weight excluding hydrogens is 1230 g/mol. The van der Waals surface area contributed by atoms with Crippen LogP contribution in [0.25, 0.3) is 0 Å². The number of anilines is 1. The molecule has 0 aliphatic carbocycles. The number of nitrogens with two attached hydrogens (primary N) is 2. The van der Waals surface area contributed by atoms with Crippen LogP contribution in [0.2, 0.25) is 0 Å². The number of phenols is 1. The molecule has 31 nitrogen and oxygen atoms in total. The fourth-order valence-electron chi connectivity index (χ4n) is 10.7. The van der Waals surface area contributed by atoms with Crippen LogP contribution in [0.1, 0.15) is 80.9 Å². The number of carbonyl (C=O) groups excluding carboxylic acids is 7. The number of aromatic hydroxyl groups is 1. The Morgan fingerprint density at radius 2 is 1.06 bits per heavy atom. The number of amides is 8. The molecule has 0 bridgehead atoms. The summed E-state index contributed by atoms with van der Waals surface area (Å²) in [5.41, 5.74) is 15.0. The van der Waals surface area contributed by atoms with Gasteiger partial charge < -0.3 is 74.4 Å². The quantitative estimate of drug-likeness (QED) is 0.0178. The first-order valence-corrected chi connectivity index (χ1v) is 32.4. The number of carboxylic acid groups (broad SMARTS) is 3. The molecule has 0 radical (unpaired) electrons. The normalized spacial score (nSPS) is 16.0. The second-order valence-electron chi connectivity index (χ2n) is 23.5. The van der Waals surface area contributed by atoms with E-state index in [0.29, 0.717) is 115 Å². The second kappa shape index (κ2) is 42.3. The van der Waals surface area contributed by atoms with Crippen LogP contribution in [0.4, 0.5) is 10.5 Å². The molecule has 5 rings (SSSR count). The monoisotopic (exact) mass is 1330 g/mol. The van der Waals surface area contributed by atoms with E-state index >= 15 is 0 Å². The molecule has 2 saturated heterocycles. The van der Waals surface area contributed by atoms with Crippen molar-refractivity contribution < 1.29 is 68.4 Å². The van der Waals surface area contributed by atoms with E-state index in [9.17, 15) is 68.4 Å². The number of phenolic OH excluding ortho intramolecular Hbond substituents is 1. The highest BCUT2D eigenvalue weighted by molar-refractivity contribution is 5.95. The predicted octanol–water partition coefficient (Wildman–Crippen LogP) is -1.56. The second-order valence-corrected chi connectivity index (χ2v) is 23.5. The number of aliphatic carboxylic acids is 3. The number of aliphatic imine (C=N–C) groups is 1. The van der Waals surface area contributed by atoms with Crippen LogP contribution in [0.3, 0.4) is 0 Å². The van der Waals surface area contributed by atoms with Gasteiger partial charge in [0, 0.05) is 129 Å². The molecule has 522 valence electrons. The summed E-state index contributed by atoms with van der Waals surface area (Å²) in [5.74, 6) is -5.71. The van der Waals surface area contributed by atoms with Crippen LogP contribution in [-0.4, -0.2) is 266 Å². The summed E-state index contributed by atoms with van der Waals surface area (Å²) in [4.78, 5) is 139. The van der Waals surface area contributed by atoms with Gasteiger partial charge >= 0.3 is 23.9 Å². The van der Waals surface area contributed by atoms with E-state index in [2.05, 4.69) is 52.8 Å². The lowest BCUT2D eigenvalue weighted by molar-refractivity contribution is -0.140. The number of nitrogens with zero attached hydrogens (tertiary/aromatic N) is 6. The van der Waals surface area contributed by atoms with Gasteiger partial charge in [0.25, 0.3) is 0 Å². The number of hydrogen-bond donors (Lipinski definition) is 15. The maximum Gasteiger partial charge on any atom is 0.321 e. The first-order valence-electron chi connectivity index (χ1n) is 32.4. The average Bonchev–Trinajstić information content (AvgIpc) is 0.887. The van der Waals surface area contributed by atoms with Gasteiger partial charge in [-0.2, -0.15) is 0 Å². The summed E-state index contributed by atoms with van der Waals surface area (Å²) < 4.78 is 0. The lowest BCUT2D eigenvalue weighted by atomic mass is 9.90. The Kier molecular flexibility index (Phi) is 34.2. The minimum absolute atomic E-state index is 0.0101.